The van der Waals surface area contributed by atoms with Gasteiger partial charge >= 0.3 is 0 Å². The van der Waals surface area contributed by atoms with E-state index in [0.717, 1.165) is 44.1 Å². The molecule has 0 saturated carbocycles. The molecule has 0 unspecified atom stereocenters. The molecule has 2 aromatic heterocycles. The molecule has 180 valence electrons. The Balaban J connectivity index is 1.37. The van der Waals surface area contributed by atoms with Crippen molar-refractivity contribution < 1.29 is 0 Å². The summed E-state index contributed by atoms with van der Waals surface area (Å²) in [6.45, 7) is 0. The second-order valence-corrected chi connectivity index (χ2v) is 10.2. The fraction of sp³-hybridized carbons (Fsp3) is 0. The van der Waals surface area contributed by atoms with Crippen molar-refractivity contribution in [1.29, 1.82) is 0 Å². The fourth-order valence-corrected chi connectivity index (χ4v) is 5.42. The maximum atomic E-state index is 4.98. The third-order valence-corrected chi connectivity index (χ3v) is 7.38. The highest BCUT2D eigenvalue weighted by Gasteiger charge is 2.14. The molecule has 0 N–H and O–H groups in total. The van der Waals surface area contributed by atoms with Crippen molar-refractivity contribution in [1.82, 2.24) is 14.5 Å². The second kappa shape index (κ2) is 9.40. The van der Waals surface area contributed by atoms with E-state index in [2.05, 4.69) is 118 Å². The van der Waals surface area contributed by atoms with Crippen LogP contribution >= 0.6 is 15.9 Å². The minimum Gasteiger partial charge on any atom is -0.309 e. The largest absolute Gasteiger partial charge is 0.309 e. The van der Waals surface area contributed by atoms with Gasteiger partial charge in [-0.1, -0.05) is 113 Å². The van der Waals surface area contributed by atoms with E-state index in [0.29, 0.717) is 0 Å². The molecule has 5 aromatic carbocycles. The zero-order valence-electron chi connectivity index (χ0n) is 20.4. The van der Waals surface area contributed by atoms with Crippen LogP contribution < -0.4 is 0 Å². The molecule has 0 aliphatic carbocycles. The molecule has 0 atom stereocenters. The van der Waals surface area contributed by atoms with E-state index in [1.165, 1.54) is 21.8 Å². The topological polar surface area (TPSA) is 30.7 Å². The normalized spacial score (nSPS) is 11.3. The summed E-state index contributed by atoms with van der Waals surface area (Å²) in [7, 11) is 0. The molecule has 38 heavy (non-hydrogen) atoms. The molecule has 0 fully saturated rings. The van der Waals surface area contributed by atoms with Crippen LogP contribution in [0.25, 0.3) is 61.4 Å². The van der Waals surface area contributed by atoms with Crippen LogP contribution in [0.4, 0.5) is 0 Å². The van der Waals surface area contributed by atoms with Gasteiger partial charge in [0.15, 0.2) is 5.82 Å². The number of rotatable bonds is 4. The second-order valence-electron chi connectivity index (χ2n) is 9.25. The average Bonchev–Trinajstić information content (AvgIpc) is 3.31. The first-order chi connectivity index (χ1) is 18.7. The van der Waals surface area contributed by atoms with Crippen LogP contribution in [-0.2, 0) is 0 Å². The molecule has 7 aromatic rings. The first kappa shape index (κ1) is 22.6. The molecule has 0 bridgehead atoms. The molecule has 0 amide bonds. The maximum Gasteiger partial charge on any atom is 0.160 e. The Labute approximate surface area is 229 Å². The Bertz CT molecular complexity index is 1850. The number of hydrogen-bond donors (Lipinski definition) is 0. The van der Waals surface area contributed by atoms with Crippen molar-refractivity contribution in [3.63, 3.8) is 0 Å². The number of fused-ring (bicyclic) bond motifs is 3. The van der Waals surface area contributed by atoms with Crippen molar-refractivity contribution in [2.24, 2.45) is 0 Å². The summed E-state index contributed by atoms with van der Waals surface area (Å²) in [4.78, 5) is 9.89. The quantitative estimate of drug-likeness (QED) is 0.218. The van der Waals surface area contributed by atoms with Gasteiger partial charge < -0.3 is 4.57 Å². The van der Waals surface area contributed by atoms with Crippen molar-refractivity contribution in [3.05, 3.63) is 138 Å². The minimum absolute atomic E-state index is 0.721. The Hall–Kier alpha value is -4.54. The minimum atomic E-state index is 0.721. The van der Waals surface area contributed by atoms with Crippen molar-refractivity contribution in [2.75, 3.05) is 0 Å². The lowest BCUT2D eigenvalue weighted by Crippen LogP contribution is -1.97. The number of benzene rings is 5. The van der Waals surface area contributed by atoms with E-state index in [1.54, 1.807) is 0 Å². The lowest BCUT2D eigenvalue weighted by atomic mass is 10.1. The summed E-state index contributed by atoms with van der Waals surface area (Å²) >= 11 is 3.66. The van der Waals surface area contributed by atoms with Gasteiger partial charge in [0.25, 0.3) is 0 Å². The highest BCUT2D eigenvalue weighted by molar-refractivity contribution is 9.10. The smallest absolute Gasteiger partial charge is 0.160 e. The van der Waals surface area contributed by atoms with Crippen LogP contribution in [0.3, 0.4) is 0 Å². The van der Waals surface area contributed by atoms with Crippen molar-refractivity contribution in [3.8, 4) is 39.6 Å². The zero-order chi connectivity index (χ0) is 25.5. The molecule has 4 heteroatoms. The summed E-state index contributed by atoms with van der Waals surface area (Å²) < 4.78 is 3.39. The van der Waals surface area contributed by atoms with Crippen LogP contribution in [-0.4, -0.2) is 14.5 Å². The van der Waals surface area contributed by atoms with Crippen LogP contribution in [0.2, 0.25) is 0 Å². The lowest BCUT2D eigenvalue weighted by molar-refractivity contribution is 1.17. The van der Waals surface area contributed by atoms with Crippen LogP contribution in [0, 0.1) is 0 Å². The number of aromatic nitrogens is 3. The molecule has 3 nitrogen and oxygen atoms in total. The van der Waals surface area contributed by atoms with Gasteiger partial charge in [-0.2, -0.15) is 0 Å². The maximum absolute atomic E-state index is 4.98. The Morgan fingerprint density at radius 1 is 0.474 bits per heavy atom. The number of halogens is 1. The average molecular weight is 552 g/mol. The Morgan fingerprint density at radius 2 is 1.05 bits per heavy atom. The molecule has 0 spiro atoms. The van der Waals surface area contributed by atoms with Gasteiger partial charge in [0.1, 0.15) is 0 Å². The van der Waals surface area contributed by atoms with Crippen molar-refractivity contribution >= 4 is 37.7 Å². The lowest BCUT2D eigenvalue weighted by Gasteiger charge is -2.11. The van der Waals surface area contributed by atoms with Crippen LogP contribution in [0.15, 0.2) is 138 Å². The Kier molecular flexibility index (Phi) is 5.60. The first-order valence-electron chi connectivity index (χ1n) is 12.5. The van der Waals surface area contributed by atoms with Gasteiger partial charge in [-0.25, -0.2) is 9.97 Å². The SMILES string of the molecule is Brc1ccc2c3ccccc3n(-c3ccc(-c4cc(-c5ccccc5)nc(-c5ccccc5)n4)cc3)c2c1. The van der Waals surface area contributed by atoms with E-state index in [-0.39, 0.29) is 0 Å². The molecule has 7 rings (SSSR count). The van der Waals surface area contributed by atoms with Gasteiger partial charge in [-0.3, -0.25) is 0 Å². The third-order valence-electron chi connectivity index (χ3n) is 6.88. The fourth-order valence-electron chi connectivity index (χ4n) is 5.07. The van der Waals surface area contributed by atoms with E-state index in [9.17, 15) is 0 Å². The summed E-state index contributed by atoms with van der Waals surface area (Å²) in [5.41, 5.74) is 8.40. The molecule has 0 radical (unpaired) electrons. The van der Waals surface area contributed by atoms with Gasteiger partial charge in [-0.05, 0) is 36.4 Å². The predicted molar refractivity (Wildman–Crippen MR) is 160 cm³/mol. The summed E-state index contributed by atoms with van der Waals surface area (Å²) in [5.74, 6) is 0.721. The van der Waals surface area contributed by atoms with E-state index in [1.807, 2.05) is 36.4 Å². The van der Waals surface area contributed by atoms with Crippen molar-refractivity contribution in [2.45, 2.75) is 0 Å². The van der Waals surface area contributed by atoms with E-state index < -0.39 is 0 Å². The molecular formula is C34H22BrN3. The number of nitrogens with zero attached hydrogens (tertiary/aromatic N) is 3. The number of hydrogen-bond acceptors (Lipinski definition) is 2. The molecule has 0 saturated heterocycles. The summed E-state index contributed by atoms with van der Waals surface area (Å²) in [6, 6.07) is 46.2. The summed E-state index contributed by atoms with van der Waals surface area (Å²) in [5, 5.41) is 2.48. The van der Waals surface area contributed by atoms with Crippen LogP contribution in [0.1, 0.15) is 0 Å². The van der Waals surface area contributed by atoms with Crippen LogP contribution in [0.5, 0.6) is 0 Å². The Morgan fingerprint density at radius 3 is 1.76 bits per heavy atom. The van der Waals surface area contributed by atoms with Gasteiger partial charge in [-0.15, -0.1) is 0 Å². The standard InChI is InChI=1S/C34H22BrN3/c35-26-17-20-29-28-13-7-8-14-32(28)38(33(29)21-26)27-18-15-24(16-19-27)31-22-30(23-9-3-1-4-10-23)36-34(37-31)25-11-5-2-6-12-25/h1-22H. The zero-order valence-corrected chi connectivity index (χ0v) is 22.0. The van der Waals surface area contributed by atoms with Gasteiger partial charge in [0, 0.05) is 37.6 Å². The molecular weight excluding hydrogens is 530 g/mol. The van der Waals surface area contributed by atoms with E-state index in [4.69, 9.17) is 9.97 Å². The molecule has 0 aliphatic rings. The predicted octanol–water partition coefficient (Wildman–Crippen LogP) is 9.34. The monoisotopic (exact) mass is 551 g/mol. The molecule has 0 aliphatic heterocycles. The first-order valence-corrected chi connectivity index (χ1v) is 13.3. The number of para-hydroxylation sites is 1. The third kappa shape index (κ3) is 4.00. The summed E-state index contributed by atoms with van der Waals surface area (Å²) in [6.07, 6.45) is 0. The highest BCUT2D eigenvalue weighted by Crippen LogP contribution is 2.34. The highest BCUT2D eigenvalue weighted by atomic mass is 79.9. The van der Waals surface area contributed by atoms with E-state index >= 15 is 0 Å². The molecule has 2 heterocycles. The van der Waals surface area contributed by atoms with Gasteiger partial charge in [0.05, 0.1) is 22.4 Å². The van der Waals surface area contributed by atoms with Gasteiger partial charge in [0.2, 0.25) is 0 Å².